The van der Waals surface area contributed by atoms with Crippen LogP contribution in [0.3, 0.4) is 0 Å². The summed E-state index contributed by atoms with van der Waals surface area (Å²) in [6, 6.07) is -1.08. The molecule has 0 rings (SSSR count). The number of nitrogens with two attached hydrogens (primary N) is 1. The van der Waals surface area contributed by atoms with Crippen molar-refractivity contribution >= 4 is 0 Å². The van der Waals surface area contributed by atoms with Crippen molar-refractivity contribution in [1.29, 1.82) is 0 Å². The van der Waals surface area contributed by atoms with Crippen molar-refractivity contribution in [1.82, 2.24) is 5.43 Å². The van der Waals surface area contributed by atoms with E-state index in [1.807, 2.05) is 5.43 Å². The van der Waals surface area contributed by atoms with Crippen molar-refractivity contribution in [2.45, 2.75) is 19.4 Å². The van der Waals surface area contributed by atoms with Crippen molar-refractivity contribution < 1.29 is 8.78 Å². The van der Waals surface area contributed by atoms with Gasteiger partial charge in [0.2, 0.25) is 0 Å². The maximum absolute atomic E-state index is 11.7. The highest BCUT2D eigenvalue weighted by Crippen LogP contribution is 2.06. The molecule has 0 aromatic heterocycles. The first-order valence-electron chi connectivity index (χ1n) is 2.49. The minimum Gasteiger partial charge on any atom is -0.271 e. The second-order valence-electron chi connectivity index (χ2n) is 1.83. The standard InChI is InChI=1S/C5H10F2N2/c1-3(2)4(9-8)5(6)7/h4-5,9H,1,8H2,2H3. The highest BCUT2D eigenvalue weighted by atomic mass is 19.3. The van der Waals surface area contributed by atoms with Crippen molar-refractivity contribution in [3.63, 3.8) is 0 Å². The highest BCUT2D eigenvalue weighted by Gasteiger charge is 2.18. The second-order valence-corrected chi connectivity index (χ2v) is 1.83. The Hall–Kier alpha value is -0.480. The van der Waals surface area contributed by atoms with Crippen LogP contribution < -0.4 is 11.3 Å². The lowest BCUT2D eigenvalue weighted by atomic mass is 10.2. The van der Waals surface area contributed by atoms with Gasteiger partial charge in [-0.3, -0.25) is 5.84 Å². The summed E-state index contributed by atoms with van der Waals surface area (Å²) in [4.78, 5) is 0. The molecule has 0 spiro atoms. The number of alkyl halides is 2. The lowest BCUT2D eigenvalue weighted by Gasteiger charge is -2.13. The van der Waals surface area contributed by atoms with Gasteiger partial charge in [-0.1, -0.05) is 12.2 Å². The Morgan fingerprint density at radius 1 is 1.67 bits per heavy atom. The Kier molecular flexibility index (Phi) is 3.34. The lowest BCUT2D eigenvalue weighted by molar-refractivity contribution is 0.113. The van der Waals surface area contributed by atoms with Crippen molar-refractivity contribution in [2.24, 2.45) is 5.84 Å². The number of nitrogens with one attached hydrogen (secondary N) is 1. The summed E-state index contributed by atoms with van der Waals surface area (Å²) in [7, 11) is 0. The van der Waals surface area contributed by atoms with Crippen LogP contribution in [0.4, 0.5) is 8.78 Å². The number of halogens is 2. The fourth-order valence-corrected chi connectivity index (χ4v) is 0.430. The quantitative estimate of drug-likeness (QED) is 0.340. The van der Waals surface area contributed by atoms with Crippen LogP contribution in [-0.4, -0.2) is 12.5 Å². The monoisotopic (exact) mass is 136 g/mol. The molecule has 0 amide bonds. The fraction of sp³-hybridized carbons (Fsp3) is 0.600. The molecule has 0 saturated heterocycles. The Bertz CT molecular complexity index is 103. The van der Waals surface area contributed by atoms with Crippen molar-refractivity contribution in [3.05, 3.63) is 12.2 Å². The first-order valence-corrected chi connectivity index (χ1v) is 2.49. The predicted molar refractivity (Wildman–Crippen MR) is 31.9 cm³/mol. The molecule has 0 radical (unpaired) electrons. The molecule has 9 heavy (non-hydrogen) atoms. The Morgan fingerprint density at radius 3 is 2.11 bits per heavy atom. The summed E-state index contributed by atoms with van der Waals surface area (Å²) in [6.45, 7) is 4.82. The molecule has 0 bridgehead atoms. The minimum atomic E-state index is -2.48. The zero-order valence-electron chi connectivity index (χ0n) is 5.20. The number of hydrogen-bond donors (Lipinski definition) is 2. The van der Waals surface area contributed by atoms with Gasteiger partial charge in [-0.2, -0.15) is 0 Å². The molecule has 4 heteroatoms. The molecule has 54 valence electrons. The molecular weight excluding hydrogens is 126 g/mol. The molecule has 1 atom stereocenters. The van der Waals surface area contributed by atoms with E-state index < -0.39 is 12.5 Å². The number of hydrazine groups is 1. The van der Waals surface area contributed by atoms with E-state index in [9.17, 15) is 8.78 Å². The van der Waals surface area contributed by atoms with E-state index in [0.717, 1.165) is 0 Å². The van der Waals surface area contributed by atoms with E-state index in [1.165, 1.54) is 6.92 Å². The fourth-order valence-electron chi connectivity index (χ4n) is 0.430. The van der Waals surface area contributed by atoms with Crippen LogP contribution in [0, 0.1) is 0 Å². The first-order chi connectivity index (χ1) is 4.09. The van der Waals surface area contributed by atoms with Gasteiger partial charge in [0.1, 0.15) is 6.04 Å². The number of hydrogen-bond acceptors (Lipinski definition) is 2. The summed E-state index contributed by atoms with van der Waals surface area (Å²) in [6.07, 6.45) is -2.48. The van der Waals surface area contributed by atoms with Gasteiger partial charge < -0.3 is 0 Å². The van der Waals surface area contributed by atoms with Gasteiger partial charge in [0.25, 0.3) is 6.43 Å². The number of rotatable bonds is 3. The van der Waals surface area contributed by atoms with E-state index in [-0.39, 0.29) is 0 Å². The normalized spacial score (nSPS) is 13.9. The molecule has 0 aromatic carbocycles. The third-order valence-electron chi connectivity index (χ3n) is 0.962. The molecule has 0 saturated carbocycles. The van der Waals surface area contributed by atoms with Gasteiger partial charge in [-0.05, 0) is 6.92 Å². The van der Waals surface area contributed by atoms with Crippen LogP contribution in [0.25, 0.3) is 0 Å². The lowest BCUT2D eigenvalue weighted by Crippen LogP contribution is -2.41. The van der Waals surface area contributed by atoms with E-state index in [0.29, 0.717) is 5.57 Å². The maximum atomic E-state index is 11.7. The zero-order chi connectivity index (χ0) is 7.44. The smallest absolute Gasteiger partial charge is 0.258 e. The van der Waals surface area contributed by atoms with Crippen LogP contribution in [0.1, 0.15) is 6.92 Å². The summed E-state index contributed by atoms with van der Waals surface area (Å²) in [5.74, 6) is 4.78. The average Bonchev–Trinajstić information content (AvgIpc) is 1.64. The van der Waals surface area contributed by atoms with Crippen LogP contribution >= 0.6 is 0 Å². The van der Waals surface area contributed by atoms with Crippen LogP contribution in [0.15, 0.2) is 12.2 Å². The van der Waals surface area contributed by atoms with Gasteiger partial charge in [-0.15, -0.1) is 0 Å². The van der Waals surface area contributed by atoms with Gasteiger partial charge in [0.05, 0.1) is 0 Å². The minimum absolute atomic E-state index is 0.340. The molecule has 0 heterocycles. The summed E-state index contributed by atoms with van der Waals surface area (Å²) in [5, 5.41) is 0. The van der Waals surface area contributed by atoms with E-state index >= 15 is 0 Å². The SMILES string of the molecule is C=C(C)C(NN)C(F)F. The Morgan fingerprint density at radius 2 is 2.11 bits per heavy atom. The molecule has 0 aliphatic heterocycles. The summed E-state index contributed by atoms with van der Waals surface area (Å²) < 4.78 is 23.5. The Labute approximate surface area is 52.7 Å². The highest BCUT2D eigenvalue weighted by molar-refractivity contribution is 5.01. The van der Waals surface area contributed by atoms with E-state index in [4.69, 9.17) is 5.84 Å². The van der Waals surface area contributed by atoms with Crippen molar-refractivity contribution in [2.75, 3.05) is 0 Å². The topological polar surface area (TPSA) is 38.0 Å². The van der Waals surface area contributed by atoms with Gasteiger partial charge in [-0.25, -0.2) is 14.2 Å². The van der Waals surface area contributed by atoms with E-state index in [2.05, 4.69) is 6.58 Å². The summed E-state index contributed by atoms with van der Waals surface area (Å²) in [5.41, 5.74) is 2.29. The third-order valence-corrected chi connectivity index (χ3v) is 0.962. The average molecular weight is 136 g/mol. The predicted octanol–water partition coefficient (Wildman–Crippen LogP) is 0.659. The molecule has 0 aliphatic carbocycles. The van der Waals surface area contributed by atoms with Crippen LogP contribution in [-0.2, 0) is 0 Å². The van der Waals surface area contributed by atoms with Gasteiger partial charge >= 0.3 is 0 Å². The van der Waals surface area contributed by atoms with E-state index in [1.54, 1.807) is 0 Å². The third kappa shape index (κ3) is 2.53. The molecule has 0 aliphatic rings. The molecule has 2 nitrogen and oxygen atoms in total. The second kappa shape index (κ2) is 3.53. The van der Waals surface area contributed by atoms with Crippen LogP contribution in [0.2, 0.25) is 0 Å². The molecular formula is C5H10F2N2. The van der Waals surface area contributed by atoms with Gasteiger partial charge in [0, 0.05) is 0 Å². The molecule has 0 fully saturated rings. The van der Waals surface area contributed by atoms with Gasteiger partial charge in [0.15, 0.2) is 0 Å². The summed E-state index contributed by atoms with van der Waals surface area (Å²) >= 11 is 0. The Balaban J connectivity index is 3.83. The first kappa shape index (κ1) is 8.52. The van der Waals surface area contributed by atoms with Crippen molar-refractivity contribution in [3.8, 4) is 0 Å². The van der Waals surface area contributed by atoms with Crippen LogP contribution in [0.5, 0.6) is 0 Å². The molecule has 1 unspecified atom stereocenters. The molecule has 0 aromatic rings. The maximum Gasteiger partial charge on any atom is 0.258 e. The molecule has 3 N–H and O–H groups in total. The zero-order valence-corrected chi connectivity index (χ0v) is 5.20. The largest absolute Gasteiger partial charge is 0.271 e.